The Labute approximate surface area is 66.7 Å². The molecule has 64 valence electrons. The Morgan fingerprint density at radius 2 is 1.83 bits per heavy atom. The Kier molecular flexibility index (Phi) is 1.33. The van der Waals surface area contributed by atoms with Crippen molar-refractivity contribution in [3.05, 3.63) is 17.7 Å². The average molecular weight is 173 g/mol. The average Bonchev–Trinajstić information content (AvgIpc) is 2.48. The van der Waals surface area contributed by atoms with E-state index in [1.165, 1.54) is 0 Å². The molecule has 0 fully saturated rings. The van der Waals surface area contributed by atoms with Gasteiger partial charge in [-0.2, -0.15) is 0 Å². The molecule has 3 nitrogen and oxygen atoms in total. The molecule has 0 unspecified atom stereocenters. The number of rotatable bonds is 0. The first kappa shape index (κ1) is 7.15. The Bertz CT molecular complexity index is 341. The lowest BCUT2D eigenvalue weighted by atomic mass is 10.2. The first-order chi connectivity index (χ1) is 5.70. The molecule has 2 N–H and O–H groups in total. The Hall–Kier alpha value is -1.52. The van der Waals surface area contributed by atoms with Gasteiger partial charge in [0.2, 0.25) is 12.5 Å². The number of hydrogen-bond donors (Lipinski definition) is 1. The third-order valence-electron chi connectivity index (χ3n) is 1.59. The summed E-state index contributed by atoms with van der Waals surface area (Å²) in [6, 6.07) is 0.669. The van der Waals surface area contributed by atoms with Crippen LogP contribution in [0.1, 0.15) is 0 Å². The monoisotopic (exact) mass is 173 g/mol. The highest BCUT2D eigenvalue weighted by atomic mass is 19.1. The van der Waals surface area contributed by atoms with E-state index in [1.54, 1.807) is 0 Å². The summed E-state index contributed by atoms with van der Waals surface area (Å²) in [5, 5.41) is 0. The van der Waals surface area contributed by atoms with Crippen LogP contribution in [0, 0.1) is 11.6 Å². The number of halogens is 2. The fourth-order valence-corrected chi connectivity index (χ4v) is 1.02. The minimum Gasteiger partial charge on any atom is -0.451 e. The van der Waals surface area contributed by atoms with E-state index in [9.17, 15) is 8.78 Å². The van der Waals surface area contributed by atoms with Gasteiger partial charge in [-0.05, 0) is 0 Å². The molecule has 1 heterocycles. The van der Waals surface area contributed by atoms with E-state index in [1.807, 2.05) is 0 Å². The van der Waals surface area contributed by atoms with Crippen LogP contribution < -0.4 is 15.2 Å². The highest BCUT2D eigenvalue weighted by molar-refractivity contribution is 5.62. The number of benzene rings is 1. The normalized spacial score (nSPS) is 13.5. The largest absolute Gasteiger partial charge is 0.451 e. The van der Waals surface area contributed by atoms with Crippen LogP contribution in [-0.4, -0.2) is 6.79 Å². The third kappa shape index (κ3) is 0.792. The fourth-order valence-electron chi connectivity index (χ4n) is 1.02. The van der Waals surface area contributed by atoms with Crippen LogP contribution in [0.2, 0.25) is 0 Å². The van der Waals surface area contributed by atoms with Gasteiger partial charge >= 0.3 is 0 Å². The summed E-state index contributed by atoms with van der Waals surface area (Å²) < 4.78 is 35.1. The van der Waals surface area contributed by atoms with Crippen molar-refractivity contribution in [1.82, 2.24) is 0 Å². The van der Waals surface area contributed by atoms with Crippen molar-refractivity contribution < 1.29 is 18.3 Å². The van der Waals surface area contributed by atoms with Crippen LogP contribution in [0.25, 0.3) is 0 Å². The van der Waals surface area contributed by atoms with Crippen LogP contribution in [0.4, 0.5) is 14.5 Å². The van der Waals surface area contributed by atoms with Crippen molar-refractivity contribution in [2.75, 3.05) is 12.5 Å². The third-order valence-corrected chi connectivity index (χ3v) is 1.59. The summed E-state index contributed by atoms with van der Waals surface area (Å²) >= 11 is 0. The summed E-state index contributed by atoms with van der Waals surface area (Å²) in [6.07, 6.45) is 0. The van der Waals surface area contributed by atoms with Gasteiger partial charge in [0, 0.05) is 6.07 Å². The van der Waals surface area contributed by atoms with Crippen molar-refractivity contribution in [3.63, 3.8) is 0 Å². The van der Waals surface area contributed by atoms with E-state index < -0.39 is 11.6 Å². The molecule has 5 heteroatoms. The summed E-state index contributed by atoms with van der Waals surface area (Å²) in [4.78, 5) is 0. The second-order valence-corrected chi connectivity index (χ2v) is 2.32. The molecule has 0 radical (unpaired) electrons. The molecule has 1 aromatic rings. The van der Waals surface area contributed by atoms with Gasteiger partial charge in [0.05, 0.1) is 0 Å². The molecule has 0 atom stereocenters. The van der Waals surface area contributed by atoms with E-state index in [4.69, 9.17) is 15.2 Å². The Balaban J connectivity index is 2.69. The zero-order chi connectivity index (χ0) is 8.72. The zero-order valence-electron chi connectivity index (χ0n) is 5.93. The van der Waals surface area contributed by atoms with Gasteiger partial charge in [0.25, 0.3) is 0 Å². The number of hydrogen-bond acceptors (Lipinski definition) is 3. The van der Waals surface area contributed by atoms with Crippen molar-refractivity contribution in [1.29, 1.82) is 0 Å². The van der Waals surface area contributed by atoms with Crippen molar-refractivity contribution in [2.45, 2.75) is 0 Å². The highest BCUT2D eigenvalue weighted by Crippen LogP contribution is 2.40. The maximum Gasteiger partial charge on any atom is 0.231 e. The van der Waals surface area contributed by atoms with Crippen molar-refractivity contribution in [3.8, 4) is 11.5 Å². The maximum absolute atomic E-state index is 12.8. The minimum absolute atomic E-state index is 0.0486. The molecule has 2 rings (SSSR count). The number of anilines is 1. The molecular weight excluding hydrogens is 168 g/mol. The van der Waals surface area contributed by atoms with Gasteiger partial charge in [0.1, 0.15) is 5.69 Å². The SMILES string of the molecule is Nc1c(F)cc(F)c2c1OCO2. The molecular formula is C7H5F2NO2. The van der Waals surface area contributed by atoms with Crippen molar-refractivity contribution >= 4 is 5.69 Å². The molecule has 0 spiro atoms. The molecule has 12 heavy (non-hydrogen) atoms. The topological polar surface area (TPSA) is 44.5 Å². The zero-order valence-corrected chi connectivity index (χ0v) is 5.93. The van der Waals surface area contributed by atoms with Crippen LogP contribution in [0.3, 0.4) is 0 Å². The van der Waals surface area contributed by atoms with Gasteiger partial charge in [-0.15, -0.1) is 0 Å². The van der Waals surface area contributed by atoms with Crippen molar-refractivity contribution in [2.24, 2.45) is 0 Å². The summed E-state index contributed by atoms with van der Waals surface area (Å²) in [6.45, 7) is -0.125. The molecule has 0 saturated carbocycles. The predicted octanol–water partition coefficient (Wildman–Crippen LogP) is 1.28. The standard InChI is InChI=1S/C7H5F2NO2/c8-3-1-4(9)6-7(5(3)10)12-2-11-6/h1H,2,10H2. The number of fused-ring (bicyclic) bond motifs is 1. The highest BCUT2D eigenvalue weighted by Gasteiger charge is 2.24. The van der Waals surface area contributed by atoms with Crippen LogP contribution >= 0.6 is 0 Å². The molecule has 0 aromatic heterocycles. The number of ether oxygens (including phenoxy) is 2. The molecule has 0 bridgehead atoms. The molecule has 1 aromatic carbocycles. The van der Waals surface area contributed by atoms with Gasteiger partial charge in [0.15, 0.2) is 17.4 Å². The summed E-state index contributed by atoms with van der Waals surface area (Å²) in [5.41, 5.74) is 5.04. The van der Waals surface area contributed by atoms with E-state index in [0.717, 1.165) is 0 Å². The smallest absolute Gasteiger partial charge is 0.231 e. The lowest BCUT2D eigenvalue weighted by molar-refractivity contribution is 0.171. The first-order valence-corrected chi connectivity index (χ1v) is 3.23. The van der Waals surface area contributed by atoms with Crippen LogP contribution in [-0.2, 0) is 0 Å². The van der Waals surface area contributed by atoms with Gasteiger partial charge < -0.3 is 15.2 Å². The van der Waals surface area contributed by atoms with E-state index >= 15 is 0 Å². The van der Waals surface area contributed by atoms with Gasteiger partial charge in [-0.3, -0.25) is 0 Å². The minimum atomic E-state index is -0.836. The number of nitrogens with two attached hydrogens (primary N) is 1. The molecule has 1 aliphatic heterocycles. The van der Waals surface area contributed by atoms with E-state index in [2.05, 4.69) is 0 Å². The van der Waals surface area contributed by atoms with Gasteiger partial charge in [-0.25, -0.2) is 8.78 Å². The molecule has 0 amide bonds. The van der Waals surface area contributed by atoms with Crippen LogP contribution in [0.5, 0.6) is 11.5 Å². The van der Waals surface area contributed by atoms with Gasteiger partial charge in [-0.1, -0.05) is 0 Å². The lowest BCUT2D eigenvalue weighted by Crippen LogP contribution is -1.95. The second kappa shape index (κ2) is 2.23. The summed E-state index contributed by atoms with van der Waals surface area (Å²) in [7, 11) is 0. The lowest BCUT2D eigenvalue weighted by Gasteiger charge is -2.01. The molecule has 1 aliphatic rings. The van der Waals surface area contributed by atoms with E-state index in [-0.39, 0.29) is 24.0 Å². The fraction of sp³-hybridized carbons (Fsp3) is 0.143. The quantitative estimate of drug-likeness (QED) is 0.601. The Morgan fingerprint density at radius 3 is 2.58 bits per heavy atom. The second-order valence-electron chi connectivity index (χ2n) is 2.32. The first-order valence-electron chi connectivity index (χ1n) is 3.23. The Morgan fingerprint density at radius 1 is 1.17 bits per heavy atom. The maximum atomic E-state index is 12.8. The number of nitrogen functional groups attached to an aromatic ring is 1. The predicted molar refractivity (Wildman–Crippen MR) is 36.9 cm³/mol. The molecule has 0 aliphatic carbocycles. The summed E-state index contributed by atoms with van der Waals surface area (Å²) in [5.74, 6) is -1.80. The van der Waals surface area contributed by atoms with Crippen LogP contribution in [0.15, 0.2) is 6.07 Å². The molecule has 0 saturated heterocycles. The van der Waals surface area contributed by atoms with E-state index in [0.29, 0.717) is 6.07 Å².